The van der Waals surface area contributed by atoms with Gasteiger partial charge in [-0.15, -0.1) is 0 Å². The van der Waals surface area contributed by atoms with Crippen LogP contribution in [0, 0.1) is 11.7 Å². The lowest BCUT2D eigenvalue weighted by molar-refractivity contribution is -0.122. The Morgan fingerprint density at radius 2 is 1.62 bits per heavy atom. The summed E-state index contributed by atoms with van der Waals surface area (Å²) in [7, 11) is 1.62. The molecular formula is C33H27FN2O3. The molecule has 1 aliphatic heterocycles. The van der Waals surface area contributed by atoms with Crippen molar-refractivity contribution >= 4 is 28.8 Å². The van der Waals surface area contributed by atoms with E-state index in [9.17, 15) is 14.0 Å². The Morgan fingerprint density at radius 3 is 2.36 bits per heavy atom. The van der Waals surface area contributed by atoms with Gasteiger partial charge in [-0.25, -0.2) is 4.39 Å². The highest BCUT2D eigenvalue weighted by molar-refractivity contribution is 6.15. The van der Waals surface area contributed by atoms with E-state index in [4.69, 9.17) is 9.73 Å². The Morgan fingerprint density at radius 1 is 0.872 bits per heavy atom. The summed E-state index contributed by atoms with van der Waals surface area (Å²) in [5.74, 6) is -0.722. The number of Topliss-reactive ketones (excluding diaryl/α,β-unsaturated/α-hetero) is 1. The van der Waals surface area contributed by atoms with Crippen LogP contribution in [0.4, 0.5) is 15.8 Å². The van der Waals surface area contributed by atoms with Crippen LogP contribution in [0.25, 0.3) is 0 Å². The largest absolute Gasteiger partial charge is 0.497 e. The number of carbonyl (C=O) groups is 2. The molecular weight excluding hydrogens is 491 g/mol. The third-order valence-electron chi connectivity index (χ3n) is 7.63. The predicted molar refractivity (Wildman–Crippen MR) is 149 cm³/mol. The van der Waals surface area contributed by atoms with Crippen LogP contribution >= 0.6 is 0 Å². The normalized spacial score (nSPS) is 20.4. The number of halogens is 1. The Kier molecular flexibility index (Phi) is 6.53. The van der Waals surface area contributed by atoms with Crippen molar-refractivity contribution in [3.8, 4) is 5.75 Å². The van der Waals surface area contributed by atoms with E-state index in [0.717, 1.165) is 11.3 Å². The summed E-state index contributed by atoms with van der Waals surface area (Å²) in [5.41, 5.74) is 3.99. The molecule has 0 spiro atoms. The number of ketones is 1. The predicted octanol–water partition coefficient (Wildman–Crippen LogP) is 7.07. The summed E-state index contributed by atoms with van der Waals surface area (Å²) in [5, 5.41) is 0. The molecule has 6 rings (SSSR count). The molecule has 0 bridgehead atoms. The fourth-order valence-corrected chi connectivity index (χ4v) is 5.80. The fraction of sp³-hybridized carbons (Fsp3) is 0.182. The summed E-state index contributed by atoms with van der Waals surface area (Å²) in [4.78, 5) is 34.9. The average molecular weight is 519 g/mol. The summed E-state index contributed by atoms with van der Waals surface area (Å²) in [6.07, 6.45) is 0.849. The van der Waals surface area contributed by atoms with Crippen LogP contribution < -0.4 is 9.64 Å². The molecule has 3 unspecified atom stereocenters. The van der Waals surface area contributed by atoms with Gasteiger partial charge in [-0.1, -0.05) is 54.6 Å². The van der Waals surface area contributed by atoms with Gasteiger partial charge in [-0.3, -0.25) is 19.5 Å². The van der Waals surface area contributed by atoms with Crippen molar-refractivity contribution in [1.82, 2.24) is 0 Å². The number of para-hydroxylation sites is 2. The number of fused-ring (bicyclic) bond motifs is 2. The number of anilines is 1. The van der Waals surface area contributed by atoms with Crippen LogP contribution in [0.2, 0.25) is 0 Å². The highest BCUT2D eigenvalue weighted by Gasteiger charge is 2.46. The standard InChI is InChI=1S/C33H27FN2O3/c1-39-26-16-14-21(15-17-26)24-19-28-31(30(37)20-24)32(23-10-7-11-25(34)18-23)36(29-13-6-5-12-27(29)35-28)33(38)22-8-3-2-4-9-22/h2-18,24,31-32H,19-20H2,1H3. The van der Waals surface area contributed by atoms with Crippen molar-refractivity contribution < 1.29 is 18.7 Å². The van der Waals surface area contributed by atoms with Gasteiger partial charge in [-0.2, -0.15) is 0 Å². The first-order valence-electron chi connectivity index (χ1n) is 13.0. The fourth-order valence-electron chi connectivity index (χ4n) is 5.80. The summed E-state index contributed by atoms with van der Waals surface area (Å²) in [6.45, 7) is 0. The summed E-state index contributed by atoms with van der Waals surface area (Å²) < 4.78 is 19.9. The minimum atomic E-state index is -0.750. The van der Waals surface area contributed by atoms with E-state index >= 15 is 0 Å². The van der Waals surface area contributed by atoms with Crippen molar-refractivity contribution in [2.24, 2.45) is 10.9 Å². The number of benzene rings is 4. The van der Waals surface area contributed by atoms with Crippen molar-refractivity contribution in [1.29, 1.82) is 0 Å². The molecule has 4 aromatic carbocycles. The van der Waals surface area contributed by atoms with E-state index in [1.165, 1.54) is 12.1 Å². The van der Waals surface area contributed by atoms with Crippen LogP contribution in [0.1, 0.15) is 46.3 Å². The SMILES string of the molecule is COc1ccc(C2CC(=O)C3C(=Nc4ccccc4N(C(=O)c4ccccc4)C3c3cccc(F)c3)C2)cc1. The third kappa shape index (κ3) is 4.63. The quantitative estimate of drug-likeness (QED) is 0.290. The van der Waals surface area contributed by atoms with E-state index in [1.54, 1.807) is 48.4 Å². The second kappa shape index (κ2) is 10.3. The first-order chi connectivity index (χ1) is 19.0. The van der Waals surface area contributed by atoms with Gasteiger partial charge >= 0.3 is 0 Å². The Balaban J connectivity index is 1.51. The Bertz CT molecular complexity index is 1570. The molecule has 1 saturated carbocycles. The van der Waals surface area contributed by atoms with E-state index in [-0.39, 0.29) is 17.6 Å². The number of nitrogens with zero attached hydrogens (tertiary/aromatic N) is 2. The average Bonchev–Trinajstić information content (AvgIpc) is 3.12. The molecule has 0 N–H and O–H groups in total. The van der Waals surface area contributed by atoms with E-state index in [2.05, 4.69) is 0 Å². The Labute approximate surface area is 226 Å². The molecule has 6 heteroatoms. The van der Waals surface area contributed by atoms with Crippen LogP contribution in [0.3, 0.4) is 0 Å². The van der Waals surface area contributed by atoms with Crippen LogP contribution in [-0.4, -0.2) is 24.5 Å². The lowest BCUT2D eigenvalue weighted by Crippen LogP contribution is -2.45. The molecule has 1 heterocycles. The Hall–Kier alpha value is -4.58. The molecule has 194 valence electrons. The zero-order valence-electron chi connectivity index (χ0n) is 21.5. The van der Waals surface area contributed by atoms with Gasteiger partial charge in [-0.05, 0) is 72.0 Å². The molecule has 0 saturated heterocycles. The van der Waals surface area contributed by atoms with Crippen molar-refractivity contribution in [2.75, 3.05) is 12.0 Å². The van der Waals surface area contributed by atoms with Gasteiger partial charge in [0.2, 0.25) is 0 Å². The smallest absolute Gasteiger partial charge is 0.258 e. The minimum absolute atomic E-state index is 0.0197. The number of ether oxygens (including phenoxy) is 1. The summed E-state index contributed by atoms with van der Waals surface area (Å²) in [6, 6.07) is 29.6. The molecule has 1 fully saturated rings. The molecule has 2 aliphatic rings. The molecule has 0 aromatic heterocycles. The molecule has 0 radical (unpaired) electrons. The minimum Gasteiger partial charge on any atom is -0.497 e. The topological polar surface area (TPSA) is 59.0 Å². The van der Waals surface area contributed by atoms with Crippen LogP contribution in [0.5, 0.6) is 5.75 Å². The zero-order chi connectivity index (χ0) is 26.9. The summed E-state index contributed by atoms with van der Waals surface area (Å²) >= 11 is 0. The van der Waals surface area contributed by atoms with Gasteiger partial charge in [0.05, 0.1) is 30.4 Å². The van der Waals surface area contributed by atoms with E-state index in [1.807, 2.05) is 54.6 Å². The van der Waals surface area contributed by atoms with Crippen molar-refractivity contribution in [2.45, 2.75) is 24.8 Å². The zero-order valence-corrected chi connectivity index (χ0v) is 21.5. The van der Waals surface area contributed by atoms with Crippen LogP contribution in [-0.2, 0) is 4.79 Å². The highest BCUT2D eigenvalue weighted by atomic mass is 19.1. The van der Waals surface area contributed by atoms with Gasteiger partial charge in [0.25, 0.3) is 5.91 Å². The number of rotatable bonds is 4. The maximum Gasteiger partial charge on any atom is 0.258 e. The molecule has 3 atom stereocenters. The molecule has 4 aromatic rings. The van der Waals surface area contributed by atoms with Gasteiger partial charge in [0.1, 0.15) is 17.3 Å². The number of carbonyl (C=O) groups excluding carboxylic acids is 2. The van der Waals surface area contributed by atoms with Gasteiger partial charge in [0, 0.05) is 17.7 Å². The maximum absolute atomic E-state index is 14.6. The molecule has 1 amide bonds. The molecule has 1 aliphatic carbocycles. The third-order valence-corrected chi connectivity index (χ3v) is 7.63. The van der Waals surface area contributed by atoms with E-state index in [0.29, 0.717) is 41.1 Å². The lowest BCUT2D eigenvalue weighted by atomic mass is 9.72. The van der Waals surface area contributed by atoms with Gasteiger partial charge < -0.3 is 4.74 Å². The molecule has 5 nitrogen and oxygen atoms in total. The lowest BCUT2D eigenvalue weighted by Gasteiger charge is -2.39. The van der Waals surface area contributed by atoms with Gasteiger partial charge in [0.15, 0.2) is 0 Å². The second-order valence-electron chi connectivity index (χ2n) is 9.96. The maximum atomic E-state index is 14.6. The monoisotopic (exact) mass is 518 g/mol. The second-order valence-corrected chi connectivity index (χ2v) is 9.96. The number of hydrogen-bond acceptors (Lipinski definition) is 4. The number of hydrogen-bond donors (Lipinski definition) is 0. The van der Waals surface area contributed by atoms with Crippen LogP contribution in [0.15, 0.2) is 108 Å². The molecule has 39 heavy (non-hydrogen) atoms. The number of methoxy groups -OCH3 is 1. The first kappa shape index (κ1) is 24.7. The van der Waals surface area contributed by atoms with E-state index < -0.39 is 17.8 Å². The number of aliphatic imine (C=N–C) groups is 1. The van der Waals surface area contributed by atoms with Crippen molar-refractivity contribution in [3.63, 3.8) is 0 Å². The number of amides is 1. The highest BCUT2D eigenvalue weighted by Crippen LogP contribution is 2.48. The van der Waals surface area contributed by atoms with Crippen molar-refractivity contribution in [3.05, 3.63) is 126 Å². The first-order valence-corrected chi connectivity index (χ1v) is 13.0.